The smallest absolute Gasteiger partial charge is 0.348 e. The Bertz CT molecular complexity index is 888. The number of halogens is 1. The summed E-state index contributed by atoms with van der Waals surface area (Å²) in [5, 5.41) is 9.79. The maximum absolute atomic E-state index is 13.7. The van der Waals surface area contributed by atoms with Crippen molar-refractivity contribution in [2.45, 2.75) is 57.4 Å². The van der Waals surface area contributed by atoms with Crippen molar-refractivity contribution in [1.82, 2.24) is 0 Å². The SMILES string of the molecule is O=C(O)c1sc(-c2cccc(F)c2)cc1N1C(=O)CCCC1C1CCCCC1. The highest BCUT2D eigenvalue weighted by atomic mass is 32.1. The molecule has 1 aliphatic carbocycles. The predicted octanol–water partition coefficient (Wildman–Crippen LogP) is 5.72. The first kappa shape index (κ1) is 19.1. The lowest BCUT2D eigenvalue weighted by Gasteiger charge is -2.41. The molecule has 2 fully saturated rings. The van der Waals surface area contributed by atoms with Crippen LogP contribution in [0.1, 0.15) is 61.0 Å². The summed E-state index contributed by atoms with van der Waals surface area (Å²) in [7, 11) is 0. The van der Waals surface area contributed by atoms with Gasteiger partial charge in [0.25, 0.3) is 0 Å². The molecule has 1 aromatic carbocycles. The largest absolute Gasteiger partial charge is 0.477 e. The molecular formula is C22H24FNO3S. The molecule has 148 valence electrons. The Kier molecular flexibility index (Phi) is 5.49. The molecule has 2 aromatic rings. The van der Waals surface area contributed by atoms with Gasteiger partial charge in [-0.2, -0.15) is 0 Å². The van der Waals surface area contributed by atoms with Gasteiger partial charge in [-0.1, -0.05) is 31.4 Å². The van der Waals surface area contributed by atoms with Gasteiger partial charge in [0.15, 0.2) is 0 Å². The number of aromatic carboxylic acids is 1. The van der Waals surface area contributed by atoms with E-state index >= 15 is 0 Å². The highest BCUT2D eigenvalue weighted by Crippen LogP contribution is 2.42. The summed E-state index contributed by atoms with van der Waals surface area (Å²) in [5.74, 6) is -0.966. The minimum atomic E-state index is -1.04. The Morgan fingerprint density at radius 1 is 1.11 bits per heavy atom. The Labute approximate surface area is 168 Å². The molecule has 0 radical (unpaired) electrons. The van der Waals surface area contributed by atoms with Gasteiger partial charge in [0.05, 0.1) is 5.69 Å². The first-order valence-electron chi connectivity index (χ1n) is 9.99. The van der Waals surface area contributed by atoms with Crippen LogP contribution in [0.5, 0.6) is 0 Å². The first-order chi connectivity index (χ1) is 13.5. The molecular weight excluding hydrogens is 377 g/mol. The van der Waals surface area contributed by atoms with E-state index < -0.39 is 5.97 Å². The number of benzene rings is 1. The maximum Gasteiger partial charge on any atom is 0.348 e. The summed E-state index contributed by atoms with van der Waals surface area (Å²) in [5.41, 5.74) is 1.12. The third-order valence-corrected chi connectivity index (χ3v) is 7.12. The van der Waals surface area contributed by atoms with Crippen LogP contribution in [0.3, 0.4) is 0 Å². The van der Waals surface area contributed by atoms with Crippen LogP contribution in [0.15, 0.2) is 30.3 Å². The molecule has 6 heteroatoms. The van der Waals surface area contributed by atoms with Gasteiger partial charge >= 0.3 is 5.97 Å². The molecule has 28 heavy (non-hydrogen) atoms. The van der Waals surface area contributed by atoms with E-state index in [1.807, 2.05) is 0 Å². The van der Waals surface area contributed by atoms with Crippen LogP contribution < -0.4 is 4.90 Å². The normalized spacial score (nSPS) is 21.1. The summed E-state index contributed by atoms with van der Waals surface area (Å²) in [6.45, 7) is 0. The fourth-order valence-electron chi connectivity index (χ4n) is 4.67. The molecule has 1 aliphatic heterocycles. The second-order valence-corrected chi connectivity index (χ2v) is 8.81. The second-order valence-electron chi connectivity index (χ2n) is 7.76. The van der Waals surface area contributed by atoms with Gasteiger partial charge in [-0.05, 0) is 55.4 Å². The van der Waals surface area contributed by atoms with E-state index in [4.69, 9.17) is 0 Å². The Morgan fingerprint density at radius 3 is 2.61 bits per heavy atom. The number of piperidine rings is 1. The lowest BCUT2D eigenvalue weighted by Crippen LogP contribution is -2.48. The number of carbonyl (C=O) groups is 2. The van der Waals surface area contributed by atoms with Crippen LogP contribution in [0.4, 0.5) is 10.1 Å². The van der Waals surface area contributed by atoms with Crippen molar-refractivity contribution in [1.29, 1.82) is 0 Å². The molecule has 0 spiro atoms. The zero-order valence-electron chi connectivity index (χ0n) is 15.7. The van der Waals surface area contributed by atoms with Crippen molar-refractivity contribution in [3.05, 3.63) is 41.0 Å². The second kappa shape index (κ2) is 8.03. The number of carboxylic acids is 1. The number of amides is 1. The van der Waals surface area contributed by atoms with E-state index in [2.05, 4.69) is 0 Å². The van der Waals surface area contributed by atoms with Crippen LogP contribution >= 0.6 is 11.3 Å². The van der Waals surface area contributed by atoms with Gasteiger partial charge < -0.3 is 10.0 Å². The van der Waals surface area contributed by atoms with Gasteiger partial charge in [-0.25, -0.2) is 9.18 Å². The molecule has 1 N–H and O–H groups in total. The van der Waals surface area contributed by atoms with E-state index in [1.165, 1.54) is 31.4 Å². The van der Waals surface area contributed by atoms with Crippen LogP contribution in [-0.4, -0.2) is 23.0 Å². The fourth-order valence-corrected chi connectivity index (χ4v) is 5.66. The zero-order valence-corrected chi connectivity index (χ0v) is 16.5. The molecule has 1 saturated carbocycles. The number of hydrogen-bond donors (Lipinski definition) is 1. The van der Waals surface area contributed by atoms with Crippen LogP contribution in [0.2, 0.25) is 0 Å². The molecule has 0 bridgehead atoms. The third-order valence-electron chi connectivity index (χ3n) is 5.96. The van der Waals surface area contributed by atoms with Crippen molar-refractivity contribution < 1.29 is 19.1 Å². The Hall–Kier alpha value is -2.21. The Balaban J connectivity index is 1.76. The highest BCUT2D eigenvalue weighted by molar-refractivity contribution is 7.18. The molecule has 1 atom stereocenters. The molecule has 1 unspecified atom stereocenters. The van der Waals surface area contributed by atoms with Crippen molar-refractivity contribution >= 4 is 28.9 Å². The summed E-state index contributed by atoms with van der Waals surface area (Å²) in [6.07, 6.45) is 8.00. The number of thiophene rings is 1. The van der Waals surface area contributed by atoms with Crippen molar-refractivity contribution in [2.24, 2.45) is 5.92 Å². The molecule has 1 saturated heterocycles. The number of hydrogen-bond acceptors (Lipinski definition) is 3. The zero-order chi connectivity index (χ0) is 19.7. The Morgan fingerprint density at radius 2 is 1.89 bits per heavy atom. The monoisotopic (exact) mass is 401 g/mol. The predicted molar refractivity (Wildman–Crippen MR) is 108 cm³/mol. The van der Waals surface area contributed by atoms with Crippen molar-refractivity contribution in [3.8, 4) is 10.4 Å². The highest BCUT2D eigenvalue weighted by Gasteiger charge is 2.38. The van der Waals surface area contributed by atoms with Crippen molar-refractivity contribution in [2.75, 3.05) is 4.90 Å². The quantitative estimate of drug-likeness (QED) is 0.713. The minimum Gasteiger partial charge on any atom is -0.477 e. The lowest BCUT2D eigenvalue weighted by atomic mass is 9.79. The summed E-state index contributed by atoms with van der Waals surface area (Å²) in [6, 6.07) is 7.97. The van der Waals surface area contributed by atoms with Crippen LogP contribution in [0, 0.1) is 11.7 Å². The van der Waals surface area contributed by atoms with Crippen molar-refractivity contribution in [3.63, 3.8) is 0 Å². The van der Waals surface area contributed by atoms with E-state index in [9.17, 15) is 19.1 Å². The number of carbonyl (C=O) groups excluding carboxylic acids is 1. The number of carboxylic acid groups (broad SMARTS) is 1. The topological polar surface area (TPSA) is 57.6 Å². The van der Waals surface area contributed by atoms with E-state index in [0.29, 0.717) is 28.5 Å². The standard InChI is InChI=1S/C22H24FNO3S/c23-16-9-4-8-15(12-16)19-13-18(21(28-19)22(26)27)24-17(10-5-11-20(24)25)14-6-2-1-3-7-14/h4,8-9,12-14,17H,1-3,5-7,10-11H2,(H,26,27). The van der Waals surface area contributed by atoms with Crippen LogP contribution in [-0.2, 0) is 4.79 Å². The average molecular weight is 402 g/mol. The minimum absolute atomic E-state index is 0.00733. The molecule has 2 aliphatic rings. The van der Waals surface area contributed by atoms with Gasteiger partial charge in [0.2, 0.25) is 5.91 Å². The summed E-state index contributed by atoms with van der Waals surface area (Å²) in [4.78, 5) is 27.5. The number of rotatable bonds is 4. The molecule has 1 amide bonds. The summed E-state index contributed by atoms with van der Waals surface area (Å²) < 4.78 is 13.7. The van der Waals surface area contributed by atoms with E-state index in [-0.39, 0.29) is 22.6 Å². The third kappa shape index (κ3) is 3.70. The van der Waals surface area contributed by atoms with Gasteiger partial charge in [-0.15, -0.1) is 11.3 Å². The van der Waals surface area contributed by atoms with E-state index in [1.54, 1.807) is 23.1 Å². The number of nitrogens with zero attached hydrogens (tertiary/aromatic N) is 1. The van der Waals surface area contributed by atoms with Gasteiger partial charge in [0, 0.05) is 17.3 Å². The lowest BCUT2D eigenvalue weighted by molar-refractivity contribution is -0.120. The molecule has 4 rings (SSSR count). The van der Waals surface area contributed by atoms with Crippen LogP contribution in [0.25, 0.3) is 10.4 Å². The van der Waals surface area contributed by atoms with Gasteiger partial charge in [0.1, 0.15) is 10.7 Å². The average Bonchev–Trinajstić information content (AvgIpc) is 3.14. The summed E-state index contributed by atoms with van der Waals surface area (Å²) >= 11 is 1.11. The fraction of sp³-hybridized carbons (Fsp3) is 0.455. The first-order valence-corrected chi connectivity index (χ1v) is 10.8. The maximum atomic E-state index is 13.7. The molecule has 2 heterocycles. The van der Waals surface area contributed by atoms with E-state index in [0.717, 1.165) is 37.0 Å². The number of anilines is 1. The molecule has 1 aromatic heterocycles. The molecule has 4 nitrogen and oxygen atoms in total. The van der Waals surface area contributed by atoms with Gasteiger partial charge in [-0.3, -0.25) is 4.79 Å².